The Bertz CT molecular complexity index is 2070. The third kappa shape index (κ3) is 10.6. The number of benzene rings is 3. The Kier molecular flexibility index (Phi) is 15.9. The van der Waals surface area contributed by atoms with Crippen molar-refractivity contribution in [2.75, 3.05) is 33.0 Å². The fourth-order valence-electron chi connectivity index (χ4n) is 9.84. The number of carbonyl (C=O) groups excluding carboxylic acids is 1. The summed E-state index contributed by atoms with van der Waals surface area (Å²) in [4.78, 5) is 33.8. The number of fused-ring (bicyclic) bond motifs is 2. The third-order valence-corrected chi connectivity index (χ3v) is 12.6. The van der Waals surface area contributed by atoms with Gasteiger partial charge >= 0.3 is 6.09 Å². The number of hydrogen-bond donors (Lipinski definition) is 2. The lowest BCUT2D eigenvalue weighted by molar-refractivity contribution is -0.384. The van der Waals surface area contributed by atoms with Crippen LogP contribution in [-0.4, -0.2) is 82.9 Å². The summed E-state index contributed by atoms with van der Waals surface area (Å²) in [7, 11) is 0. The van der Waals surface area contributed by atoms with Gasteiger partial charge in [-0.1, -0.05) is 73.5 Å². The number of amides is 1. The van der Waals surface area contributed by atoms with Crippen LogP contribution in [0.4, 0.5) is 10.5 Å². The Morgan fingerprint density at radius 1 is 1.02 bits per heavy atom. The molecule has 63 heavy (non-hydrogen) atoms. The second-order valence-corrected chi connectivity index (χ2v) is 16.8. The van der Waals surface area contributed by atoms with Gasteiger partial charge in [0.2, 0.25) is 12.1 Å². The molecule has 3 aromatic carbocycles. The third-order valence-electron chi connectivity index (χ3n) is 12.6. The first kappa shape index (κ1) is 45.7. The van der Waals surface area contributed by atoms with Crippen molar-refractivity contribution in [2.24, 2.45) is 22.9 Å². The number of oxime groups is 1. The zero-order valence-electron chi connectivity index (χ0n) is 36.2. The van der Waals surface area contributed by atoms with Crippen molar-refractivity contribution in [2.45, 2.75) is 108 Å². The molecule has 0 radical (unpaired) electrons. The van der Waals surface area contributed by atoms with E-state index >= 15 is 0 Å². The van der Waals surface area contributed by atoms with Crippen LogP contribution in [0.3, 0.4) is 0 Å². The first-order valence-electron chi connectivity index (χ1n) is 22.6. The van der Waals surface area contributed by atoms with Crippen LogP contribution < -0.4 is 9.47 Å². The number of hydrogen-bond acceptors (Lipinski definition) is 12. The van der Waals surface area contributed by atoms with Crippen molar-refractivity contribution in [1.29, 1.82) is 0 Å². The molecule has 1 saturated carbocycles. The van der Waals surface area contributed by atoms with Crippen molar-refractivity contribution in [3.8, 4) is 17.2 Å². The molecular weight excluding hydrogens is 807 g/mol. The summed E-state index contributed by atoms with van der Waals surface area (Å²) >= 11 is 0. The van der Waals surface area contributed by atoms with Gasteiger partial charge in [-0.3, -0.25) is 15.0 Å². The SMILES string of the molecule is C=CCOC12Oc3ccc(Oc4cccc([N+](=O)[O-])c4)cc3C3C(CCCCO)C(CCCCO)C=C(C(=NOC4CCCCO4)CC1N(CCC)C(=O)OCc1ccccc1)C32. The van der Waals surface area contributed by atoms with Crippen LogP contribution >= 0.6 is 0 Å². The molecule has 338 valence electrons. The van der Waals surface area contributed by atoms with Gasteiger partial charge in [0, 0.05) is 50.1 Å². The molecule has 0 aromatic heterocycles. The summed E-state index contributed by atoms with van der Waals surface area (Å²) in [6.07, 6.45) is 10.7. The van der Waals surface area contributed by atoms with Crippen LogP contribution in [0.2, 0.25) is 0 Å². The first-order chi connectivity index (χ1) is 30.8. The van der Waals surface area contributed by atoms with Gasteiger partial charge < -0.3 is 38.7 Å². The Balaban J connectivity index is 1.41. The van der Waals surface area contributed by atoms with E-state index in [2.05, 4.69) is 12.7 Å². The maximum atomic E-state index is 14.6. The Labute approximate surface area is 369 Å². The molecule has 1 amide bonds. The normalized spacial score (nSPS) is 25.4. The van der Waals surface area contributed by atoms with E-state index in [1.54, 1.807) is 29.2 Å². The number of nitro groups is 1. The van der Waals surface area contributed by atoms with Crippen molar-refractivity contribution in [3.63, 3.8) is 0 Å². The molecule has 7 atom stereocenters. The van der Waals surface area contributed by atoms with Gasteiger partial charge in [0.05, 0.1) is 35.8 Å². The Hall–Kier alpha value is -5.28. The molecular formula is C49H61N3O11. The fourth-order valence-corrected chi connectivity index (χ4v) is 9.84. The molecule has 7 rings (SSSR count). The van der Waals surface area contributed by atoms with E-state index in [-0.39, 0.29) is 56.3 Å². The molecule has 0 bridgehead atoms. The van der Waals surface area contributed by atoms with Crippen molar-refractivity contribution >= 4 is 17.5 Å². The van der Waals surface area contributed by atoms with E-state index in [4.69, 9.17) is 33.7 Å². The number of nitrogens with zero attached hydrogens (tertiary/aromatic N) is 3. The largest absolute Gasteiger partial charge is 0.459 e. The molecule has 7 unspecified atom stereocenters. The summed E-state index contributed by atoms with van der Waals surface area (Å²) in [5.41, 5.74) is 3.18. The molecule has 0 spiro atoms. The van der Waals surface area contributed by atoms with E-state index in [0.717, 1.165) is 55.2 Å². The van der Waals surface area contributed by atoms with Crippen molar-refractivity contribution < 1.29 is 48.5 Å². The standard InChI is InChI=1S/C49H61N3O11/c1-3-24-51(48(55)59-33-34-15-6-5-7-16-34)44-32-42(50-63-45-21-10-13-28-58-45)40-29-35(17-8-11-25-53)39(20-9-12-26-54)46-41-31-38(61-37-19-14-18-36(30-37)52(56)57)22-23-43(41)62-49(44,47(40)46)60-27-4-2/h4-7,14-16,18-19,22-23,29-31,35,39,44-47,53-54H,2-3,8-13,17,20-21,24-28,32-33H2,1H3. The van der Waals surface area contributed by atoms with E-state index in [1.165, 1.54) is 12.1 Å². The molecule has 2 N–H and O–H groups in total. The molecule has 14 heteroatoms. The minimum Gasteiger partial charge on any atom is -0.459 e. The van der Waals surface area contributed by atoms with E-state index in [9.17, 15) is 25.1 Å². The van der Waals surface area contributed by atoms with E-state index in [0.29, 0.717) is 61.8 Å². The number of aliphatic hydroxyl groups excluding tert-OH is 2. The summed E-state index contributed by atoms with van der Waals surface area (Å²) in [6.45, 7) is 7.28. The quantitative estimate of drug-likeness (QED) is 0.0452. The molecule has 1 saturated heterocycles. The number of aliphatic hydroxyl groups is 2. The number of allylic oxidation sites excluding steroid dienone is 1. The molecule has 2 fully saturated rings. The maximum Gasteiger partial charge on any atom is 0.410 e. The molecule has 2 heterocycles. The second kappa shape index (κ2) is 21.9. The molecule has 3 aromatic rings. The average molecular weight is 868 g/mol. The number of nitro benzene ring substituents is 1. The summed E-state index contributed by atoms with van der Waals surface area (Å²) in [5, 5.41) is 36.5. The fraction of sp³-hybridized carbons (Fsp3) is 0.510. The number of non-ortho nitro benzene ring substituents is 1. The number of ether oxygens (including phenoxy) is 5. The highest BCUT2D eigenvalue weighted by Gasteiger charge is 2.65. The van der Waals surface area contributed by atoms with Crippen molar-refractivity contribution in [3.05, 3.63) is 118 Å². The van der Waals surface area contributed by atoms with Gasteiger partial charge in [-0.2, -0.15) is 0 Å². The highest BCUT2D eigenvalue weighted by Crippen LogP contribution is 2.62. The summed E-state index contributed by atoms with van der Waals surface area (Å²) in [5.74, 6) is -0.963. The van der Waals surface area contributed by atoms with Crippen LogP contribution in [0.15, 0.2) is 102 Å². The zero-order chi connectivity index (χ0) is 44.2. The van der Waals surface area contributed by atoms with Gasteiger partial charge in [-0.25, -0.2) is 4.79 Å². The minimum absolute atomic E-state index is 0.0151. The highest BCUT2D eigenvalue weighted by atomic mass is 16.8. The van der Waals surface area contributed by atoms with E-state index in [1.807, 2.05) is 49.4 Å². The molecule has 2 aliphatic carbocycles. The van der Waals surface area contributed by atoms with E-state index < -0.39 is 35.1 Å². The number of unbranched alkanes of at least 4 members (excludes halogenated alkanes) is 2. The molecule has 2 aliphatic heterocycles. The summed E-state index contributed by atoms with van der Waals surface area (Å²) in [6, 6.07) is 20.5. The predicted octanol–water partition coefficient (Wildman–Crippen LogP) is 9.60. The predicted molar refractivity (Wildman–Crippen MR) is 236 cm³/mol. The van der Waals surface area contributed by atoms with Gasteiger partial charge in [0.15, 0.2) is 0 Å². The van der Waals surface area contributed by atoms with Crippen LogP contribution in [0.25, 0.3) is 0 Å². The maximum absolute atomic E-state index is 14.6. The minimum atomic E-state index is -1.47. The van der Waals surface area contributed by atoms with Gasteiger partial charge in [0.25, 0.3) is 5.69 Å². The first-order valence-corrected chi connectivity index (χ1v) is 22.6. The molecule has 4 aliphatic rings. The van der Waals surface area contributed by atoms with Gasteiger partial charge in [-0.15, -0.1) is 6.58 Å². The Morgan fingerprint density at radius 2 is 1.81 bits per heavy atom. The smallest absolute Gasteiger partial charge is 0.410 e. The van der Waals surface area contributed by atoms with Crippen LogP contribution in [-0.2, 0) is 25.7 Å². The molecule has 14 nitrogen and oxygen atoms in total. The lowest BCUT2D eigenvalue weighted by atomic mass is 9.55. The number of carbonyl (C=O) groups is 1. The van der Waals surface area contributed by atoms with Crippen LogP contribution in [0.5, 0.6) is 17.2 Å². The number of rotatable bonds is 21. The Morgan fingerprint density at radius 3 is 2.54 bits per heavy atom. The topological polar surface area (TPSA) is 172 Å². The zero-order valence-corrected chi connectivity index (χ0v) is 36.2. The van der Waals surface area contributed by atoms with Gasteiger partial charge in [-0.05, 0) is 92.2 Å². The van der Waals surface area contributed by atoms with Crippen LogP contribution in [0.1, 0.15) is 94.6 Å². The van der Waals surface area contributed by atoms with Gasteiger partial charge in [0.1, 0.15) is 29.9 Å². The second-order valence-electron chi connectivity index (χ2n) is 16.8. The summed E-state index contributed by atoms with van der Waals surface area (Å²) < 4.78 is 32.8. The van der Waals surface area contributed by atoms with Crippen molar-refractivity contribution in [1.82, 2.24) is 4.90 Å². The van der Waals surface area contributed by atoms with Crippen LogP contribution in [0, 0.1) is 27.9 Å². The lowest BCUT2D eigenvalue weighted by Crippen LogP contribution is -2.70. The lowest BCUT2D eigenvalue weighted by Gasteiger charge is -2.60. The average Bonchev–Trinajstić information content (AvgIpc) is 3.30. The highest BCUT2D eigenvalue weighted by molar-refractivity contribution is 6.03. The monoisotopic (exact) mass is 867 g/mol.